The Balaban J connectivity index is 1.84. The maximum absolute atomic E-state index is 11.4. The van der Waals surface area contributed by atoms with E-state index < -0.39 is 0 Å². The fourth-order valence-electron chi connectivity index (χ4n) is 2.50. The van der Waals surface area contributed by atoms with E-state index in [1.54, 1.807) is 7.11 Å². The first-order chi connectivity index (χ1) is 9.72. The molecule has 2 N–H and O–H groups in total. The molecule has 5 heteroatoms. The molecule has 2 amide bonds. The molecule has 0 saturated carbocycles. The number of rotatable bonds is 5. The number of carbonyl (C=O) groups excluding carboxylic acids is 1. The van der Waals surface area contributed by atoms with Crippen LogP contribution in [0.3, 0.4) is 0 Å². The summed E-state index contributed by atoms with van der Waals surface area (Å²) in [6, 6.07) is 8.04. The minimum Gasteiger partial charge on any atom is -0.497 e. The number of hydrogen-bond acceptors (Lipinski definition) is 3. The van der Waals surface area contributed by atoms with Gasteiger partial charge in [0.05, 0.1) is 7.11 Å². The number of anilines is 1. The number of nitrogens with zero attached hydrogens (tertiary/aromatic N) is 1. The molecular weight excluding hydrogens is 254 g/mol. The highest BCUT2D eigenvalue weighted by molar-refractivity contribution is 5.73. The third-order valence-electron chi connectivity index (χ3n) is 3.59. The van der Waals surface area contributed by atoms with E-state index in [-0.39, 0.29) is 6.03 Å². The van der Waals surface area contributed by atoms with Gasteiger partial charge in [0.15, 0.2) is 0 Å². The summed E-state index contributed by atoms with van der Waals surface area (Å²) in [5.41, 5.74) is 1.19. The lowest BCUT2D eigenvalue weighted by Crippen LogP contribution is -2.38. The van der Waals surface area contributed by atoms with Crippen molar-refractivity contribution in [2.75, 3.05) is 38.2 Å². The number of hydrogen-bond donors (Lipinski definition) is 2. The standard InChI is InChI=1S/C15H23N3O2/c1-3-16-15(19)17-10-12-7-8-18(11-12)13-5-4-6-14(9-13)20-2/h4-6,9,12H,3,7-8,10-11H2,1-2H3,(H2,16,17,19). The zero-order valence-electron chi connectivity index (χ0n) is 12.2. The lowest BCUT2D eigenvalue weighted by Gasteiger charge is -2.19. The van der Waals surface area contributed by atoms with Crippen molar-refractivity contribution in [3.63, 3.8) is 0 Å². The average Bonchev–Trinajstić information content (AvgIpc) is 2.94. The Labute approximate surface area is 120 Å². The largest absolute Gasteiger partial charge is 0.497 e. The van der Waals surface area contributed by atoms with Crippen LogP contribution >= 0.6 is 0 Å². The second kappa shape index (κ2) is 7.03. The van der Waals surface area contributed by atoms with Crippen LogP contribution in [0.2, 0.25) is 0 Å². The summed E-state index contributed by atoms with van der Waals surface area (Å²) in [6.45, 7) is 5.30. The monoisotopic (exact) mass is 277 g/mol. The molecule has 1 aliphatic heterocycles. The molecule has 110 valence electrons. The van der Waals surface area contributed by atoms with E-state index in [0.29, 0.717) is 12.5 Å². The van der Waals surface area contributed by atoms with Crippen LogP contribution in [0, 0.1) is 5.92 Å². The summed E-state index contributed by atoms with van der Waals surface area (Å²) in [5, 5.41) is 5.67. The number of benzene rings is 1. The molecule has 1 fully saturated rings. The third-order valence-corrected chi connectivity index (χ3v) is 3.59. The van der Waals surface area contributed by atoms with Crippen LogP contribution in [0.4, 0.5) is 10.5 Å². The van der Waals surface area contributed by atoms with E-state index in [1.807, 2.05) is 19.1 Å². The molecule has 5 nitrogen and oxygen atoms in total. The molecule has 1 atom stereocenters. The van der Waals surface area contributed by atoms with Gasteiger partial charge in [-0.2, -0.15) is 0 Å². The summed E-state index contributed by atoms with van der Waals surface area (Å²) < 4.78 is 5.26. The van der Waals surface area contributed by atoms with E-state index in [4.69, 9.17) is 4.74 Å². The van der Waals surface area contributed by atoms with Gasteiger partial charge < -0.3 is 20.3 Å². The smallest absolute Gasteiger partial charge is 0.314 e. The van der Waals surface area contributed by atoms with Crippen LogP contribution in [0.25, 0.3) is 0 Å². The summed E-state index contributed by atoms with van der Waals surface area (Å²) >= 11 is 0. The van der Waals surface area contributed by atoms with Crippen molar-refractivity contribution in [1.82, 2.24) is 10.6 Å². The van der Waals surface area contributed by atoms with Crippen molar-refractivity contribution in [1.29, 1.82) is 0 Å². The second-order valence-corrected chi connectivity index (χ2v) is 5.04. The van der Waals surface area contributed by atoms with Gasteiger partial charge in [0.2, 0.25) is 0 Å². The van der Waals surface area contributed by atoms with Crippen LogP contribution < -0.4 is 20.3 Å². The molecule has 1 heterocycles. The van der Waals surface area contributed by atoms with E-state index in [2.05, 4.69) is 27.7 Å². The zero-order chi connectivity index (χ0) is 14.4. The topological polar surface area (TPSA) is 53.6 Å². The Kier molecular flexibility index (Phi) is 5.09. The van der Waals surface area contributed by atoms with Crippen molar-refractivity contribution >= 4 is 11.7 Å². The molecular formula is C15H23N3O2. The van der Waals surface area contributed by atoms with Gasteiger partial charge in [0, 0.05) is 37.9 Å². The molecule has 1 saturated heterocycles. The van der Waals surface area contributed by atoms with E-state index >= 15 is 0 Å². The SMILES string of the molecule is CCNC(=O)NCC1CCN(c2cccc(OC)c2)C1. The van der Waals surface area contributed by atoms with E-state index in [0.717, 1.165) is 31.8 Å². The van der Waals surface area contributed by atoms with Gasteiger partial charge in [0.1, 0.15) is 5.75 Å². The Hall–Kier alpha value is -1.91. The first-order valence-electron chi connectivity index (χ1n) is 7.13. The second-order valence-electron chi connectivity index (χ2n) is 5.04. The van der Waals surface area contributed by atoms with Crippen molar-refractivity contribution in [3.8, 4) is 5.75 Å². The van der Waals surface area contributed by atoms with E-state index in [9.17, 15) is 4.79 Å². The summed E-state index contributed by atoms with van der Waals surface area (Å²) in [4.78, 5) is 13.7. The summed E-state index contributed by atoms with van der Waals surface area (Å²) in [5.74, 6) is 1.38. The Morgan fingerprint density at radius 3 is 3.05 bits per heavy atom. The molecule has 1 unspecified atom stereocenters. The molecule has 20 heavy (non-hydrogen) atoms. The van der Waals surface area contributed by atoms with Crippen molar-refractivity contribution in [3.05, 3.63) is 24.3 Å². The van der Waals surface area contributed by atoms with Gasteiger partial charge in [-0.1, -0.05) is 6.07 Å². The van der Waals surface area contributed by atoms with Crippen molar-refractivity contribution < 1.29 is 9.53 Å². The predicted octanol–water partition coefficient (Wildman–Crippen LogP) is 1.84. The van der Waals surface area contributed by atoms with Gasteiger partial charge in [-0.05, 0) is 31.4 Å². The number of ether oxygens (including phenoxy) is 1. The molecule has 2 rings (SSSR count). The van der Waals surface area contributed by atoms with Crippen LogP contribution in [0.15, 0.2) is 24.3 Å². The summed E-state index contributed by atoms with van der Waals surface area (Å²) in [7, 11) is 1.68. The fraction of sp³-hybridized carbons (Fsp3) is 0.533. The van der Waals surface area contributed by atoms with Crippen molar-refractivity contribution in [2.24, 2.45) is 5.92 Å². The van der Waals surface area contributed by atoms with E-state index in [1.165, 1.54) is 5.69 Å². The van der Waals surface area contributed by atoms with Gasteiger partial charge in [-0.3, -0.25) is 0 Å². The molecule has 1 aliphatic rings. The number of urea groups is 1. The van der Waals surface area contributed by atoms with Crippen LogP contribution in [0.5, 0.6) is 5.75 Å². The molecule has 1 aromatic rings. The summed E-state index contributed by atoms with van der Waals surface area (Å²) in [6.07, 6.45) is 1.10. The Morgan fingerprint density at radius 1 is 1.45 bits per heavy atom. The van der Waals surface area contributed by atoms with Gasteiger partial charge in [-0.25, -0.2) is 4.79 Å². The molecule has 0 radical (unpaired) electrons. The lowest BCUT2D eigenvalue weighted by molar-refractivity contribution is 0.240. The maximum Gasteiger partial charge on any atom is 0.314 e. The highest BCUT2D eigenvalue weighted by Gasteiger charge is 2.23. The first-order valence-corrected chi connectivity index (χ1v) is 7.13. The normalized spacial score (nSPS) is 17.9. The Morgan fingerprint density at radius 2 is 2.30 bits per heavy atom. The lowest BCUT2D eigenvalue weighted by atomic mass is 10.1. The highest BCUT2D eigenvalue weighted by Crippen LogP contribution is 2.26. The van der Waals surface area contributed by atoms with Gasteiger partial charge in [0.25, 0.3) is 0 Å². The molecule has 0 spiro atoms. The molecule has 1 aromatic carbocycles. The quantitative estimate of drug-likeness (QED) is 0.863. The number of carbonyl (C=O) groups is 1. The molecule has 0 bridgehead atoms. The zero-order valence-corrected chi connectivity index (χ0v) is 12.2. The van der Waals surface area contributed by atoms with Crippen LogP contribution in [-0.4, -0.2) is 39.3 Å². The number of amides is 2. The maximum atomic E-state index is 11.4. The number of methoxy groups -OCH3 is 1. The third kappa shape index (κ3) is 3.79. The van der Waals surface area contributed by atoms with Crippen LogP contribution in [-0.2, 0) is 0 Å². The predicted molar refractivity (Wildman–Crippen MR) is 80.4 cm³/mol. The number of nitrogens with one attached hydrogen (secondary N) is 2. The highest BCUT2D eigenvalue weighted by atomic mass is 16.5. The van der Waals surface area contributed by atoms with Crippen molar-refractivity contribution in [2.45, 2.75) is 13.3 Å². The average molecular weight is 277 g/mol. The Bertz CT molecular complexity index is 450. The fourth-order valence-corrected chi connectivity index (χ4v) is 2.50. The van der Waals surface area contributed by atoms with Gasteiger partial charge >= 0.3 is 6.03 Å². The van der Waals surface area contributed by atoms with Crippen LogP contribution in [0.1, 0.15) is 13.3 Å². The molecule has 0 aromatic heterocycles. The van der Waals surface area contributed by atoms with Gasteiger partial charge in [-0.15, -0.1) is 0 Å². The molecule has 0 aliphatic carbocycles. The minimum atomic E-state index is -0.0765. The minimum absolute atomic E-state index is 0.0765. The first kappa shape index (κ1) is 14.5.